The second-order valence-corrected chi connectivity index (χ2v) is 4.10. The SMILES string of the molecule is COc1cc(Oc2ncc(N)cc2C#N)cc(C(N)=O)c1. The number of primary amides is 1. The number of hydrogen-bond donors (Lipinski definition) is 2. The molecule has 0 aliphatic carbocycles. The normalized spacial score (nSPS) is 9.71. The number of methoxy groups -OCH3 is 1. The number of rotatable bonds is 4. The van der Waals surface area contributed by atoms with Gasteiger partial charge in [-0.15, -0.1) is 0 Å². The van der Waals surface area contributed by atoms with Crippen molar-refractivity contribution in [2.45, 2.75) is 0 Å². The maximum Gasteiger partial charge on any atom is 0.248 e. The van der Waals surface area contributed by atoms with Gasteiger partial charge in [0.05, 0.1) is 19.0 Å². The van der Waals surface area contributed by atoms with Crippen LogP contribution >= 0.6 is 0 Å². The Labute approximate surface area is 120 Å². The van der Waals surface area contributed by atoms with Gasteiger partial charge in [-0.2, -0.15) is 5.26 Å². The number of nitrogen functional groups attached to an aromatic ring is 1. The molecule has 1 amide bonds. The van der Waals surface area contributed by atoms with Crippen LogP contribution in [0, 0.1) is 11.3 Å². The number of carbonyl (C=O) groups excluding carboxylic acids is 1. The number of anilines is 1. The molecule has 0 spiro atoms. The monoisotopic (exact) mass is 284 g/mol. The molecule has 0 fully saturated rings. The van der Waals surface area contributed by atoms with Crippen molar-refractivity contribution in [1.29, 1.82) is 5.26 Å². The molecule has 21 heavy (non-hydrogen) atoms. The minimum Gasteiger partial charge on any atom is -0.497 e. The molecule has 0 atom stereocenters. The summed E-state index contributed by atoms with van der Waals surface area (Å²) in [6, 6.07) is 7.84. The van der Waals surface area contributed by atoms with Crippen molar-refractivity contribution < 1.29 is 14.3 Å². The van der Waals surface area contributed by atoms with Crippen LogP contribution in [0.25, 0.3) is 0 Å². The van der Waals surface area contributed by atoms with Gasteiger partial charge >= 0.3 is 0 Å². The van der Waals surface area contributed by atoms with Crippen LogP contribution in [0.15, 0.2) is 30.5 Å². The molecule has 2 rings (SSSR count). The zero-order chi connectivity index (χ0) is 15.4. The molecule has 7 nitrogen and oxygen atoms in total. The highest BCUT2D eigenvalue weighted by Gasteiger charge is 2.11. The predicted molar refractivity (Wildman–Crippen MR) is 75.0 cm³/mol. The van der Waals surface area contributed by atoms with Crippen LogP contribution in [0.3, 0.4) is 0 Å². The molecule has 2 aromatic rings. The van der Waals surface area contributed by atoms with E-state index in [-0.39, 0.29) is 22.8 Å². The minimum atomic E-state index is -0.621. The van der Waals surface area contributed by atoms with Gasteiger partial charge in [0, 0.05) is 11.6 Å². The Morgan fingerprint density at radius 1 is 1.29 bits per heavy atom. The number of carbonyl (C=O) groups is 1. The van der Waals surface area contributed by atoms with E-state index in [1.807, 2.05) is 6.07 Å². The molecule has 7 heteroatoms. The Balaban J connectivity index is 2.42. The van der Waals surface area contributed by atoms with Crippen molar-refractivity contribution in [2.75, 3.05) is 12.8 Å². The summed E-state index contributed by atoms with van der Waals surface area (Å²) in [5.74, 6) is 0.132. The van der Waals surface area contributed by atoms with Gasteiger partial charge in [0.2, 0.25) is 11.8 Å². The van der Waals surface area contributed by atoms with Crippen LogP contribution in [-0.2, 0) is 0 Å². The predicted octanol–water partition coefficient (Wildman–Crippen LogP) is 1.44. The summed E-state index contributed by atoms with van der Waals surface area (Å²) in [5, 5.41) is 9.04. The number of aromatic nitrogens is 1. The maximum absolute atomic E-state index is 11.3. The van der Waals surface area contributed by atoms with Gasteiger partial charge in [0.25, 0.3) is 0 Å². The highest BCUT2D eigenvalue weighted by atomic mass is 16.5. The number of nitrogens with two attached hydrogens (primary N) is 2. The third kappa shape index (κ3) is 3.19. The summed E-state index contributed by atoms with van der Waals surface area (Å²) in [4.78, 5) is 15.2. The molecule has 4 N–H and O–H groups in total. The standard InChI is InChI=1S/C14H12N4O3/c1-20-11-3-8(13(17)19)4-12(5-11)21-14-9(6-15)2-10(16)7-18-14/h2-5,7H,16H2,1H3,(H2,17,19). The molecule has 0 saturated heterocycles. The summed E-state index contributed by atoms with van der Waals surface area (Å²) in [6.45, 7) is 0. The first kappa shape index (κ1) is 14.1. The maximum atomic E-state index is 11.3. The van der Waals surface area contributed by atoms with E-state index >= 15 is 0 Å². The molecule has 0 saturated carbocycles. The van der Waals surface area contributed by atoms with E-state index in [1.54, 1.807) is 6.07 Å². The fourth-order valence-electron chi connectivity index (χ4n) is 1.63. The van der Waals surface area contributed by atoms with Gasteiger partial charge in [-0.25, -0.2) is 4.98 Å². The number of pyridine rings is 1. The van der Waals surface area contributed by atoms with Crippen molar-refractivity contribution in [3.05, 3.63) is 41.6 Å². The fourth-order valence-corrected chi connectivity index (χ4v) is 1.63. The Morgan fingerprint density at radius 2 is 2.00 bits per heavy atom. The van der Waals surface area contributed by atoms with E-state index < -0.39 is 5.91 Å². The lowest BCUT2D eigenvalue weighted by atomic mass is 10.2. The van der Waals surface area contributed by atoms with Crippen molar-refractivity contribution in [2.24, 2.45) is 5.73 Å². The average molecular weight is 284 g/mol. The van der Waals surface area contributed by atoms with Crippen LogP contribution in [-0.4, -0.2) is 18.0 Å². The Kier molecular flexibility index (Phi) is 3.90. The van der Waals surface area contributed by atoms with Gasteiger partial charge < -0.3 is 20.9 Å². The molecular weight excluding hydrogens is 272 g/mol. The molecule has 1 heterocycles. The van der Waals surface area contributed by atoms with E-state index in [1.165, 1.54) is 31.5 Å². The quantitative estimate of drug-likeness (QED) is 0.875. The largest absolute Gasteiger partial charge is 0.497 e. The molecule has 0 aliphatic heterocycles. The third-order valence-electron chi connectivity index (χ3n) is 2.61. The summed E-state index contributed by atoms with van der Waals surface area (Å²) in [7, 11) is 1.45. The summed E-state index contributed by atoms with van der Waals surface area (Å²) in [6.07, 6.45) is 1.37. The average Bonchev–Trinajstić information content (AvgIpc) is 2.48. The van der Waals surface area contributed by atoms with Gasteiger partial charge in [-0.05, 0) is 18.2 Å². The van der Waals surface area contributed by atoms with Crippen LogP contribution in [0.4, 0.5) is 5.69 Å². The third-order valence-corrected chi connectivity index (χ3v) is 2.61. The second kappa shape index (κ2) is 5.79. The first-order chi connectivity index (χ1) is 10.0. The van der Waals surface area contributed by atoms with E-state index in [0.717, 1.165) is 0 Å². The topological polar surface area (TPSA) is 124 Å². The lowest BCUT2D eigenvalue weighted by Gasteiger charge is -2.09. The zero-order valence-corrected chi connectivity index (χ0v) is 11.2. The summed E-state index contributed by atoms with van der Waals surface area (Å²) >= 11 is 0. The Bertz CT molecular complexity index is 737. The van der Waals surface area contributed by atoms with Crippen molar-refractivity contribution in [3.63, 3.8) is 0 Å². The van der Waals surface area contributed by atoms with Crippen molar-refractivity contribution in [1.82, 2.24) is 4.98 Å². The lowest BCUT2D eigenvalue weighted by Crippen LogP contribution is -2.11. The van der Waals surface area contributed by atoms with Gasteiger partial charge in [-0.3, -0.25) is 4.79 Å². The van der Waals surface area contributed by atoms with E-state index in [0.29, 0.717) is 11.4 Å². The molecule has 1 aromatic carbocycles. The molecule has 0 aliphatic rings. The van der Waals surface area contributed by atoms with Crippen LogP contribution in [0.2, 0.25) is 0 Å². The molecule has 0 bridgehead atoms. The highest BCUT2D eigenvalue weighted by Crippen LogP contribution is 2.28. The highest BCUT2D eigenvalue weighted by molar-refractivity contribution is 5.93. The van der Waals surface area contributed by atoms with Gasteiger partial charge in [-0.1, -0.05) is 0 Å². The van der Waals surface area contributed by atoms with Crippen LogP contribution in [0.5, 0.6) is 17.4 Å². The van der Waals surface area contributed by atoms with Crippen molar-refractivity contribution in [3.8, 4) is 23.4 Å². The number of hydrogen-bond acceptors (Lipinski definition) is 6. The summed E-state index contributed by atoms with van der Waals surface area (Å²) < 4.78 is 10.6. The molecule has 106 valence electrons. The smallest absolute Gasteiger partial charge is 0.248 e. The molecular formula is C14H12N4O3. The number of nitriles is 1. The van der Waals surface area contributed by atoms with E-state index in [9.17, 15) is 4.79 Å². The number of benzene rings is 1. The molecule has 1 aromatic heterocycles. The first-order valence-electron chi connectivity index (χ1n) is 5.86. The van der Waals surface area contributed by atoms with Gasteiger partial charge in [0.15, 0.2) is 0 Å². The number of ether oxygens (including phenoxy) is 2. The van der Waals surface area contributed by atoms with E-state index in [4.69, 9.17) is 26.2 Å². The zero-order valence-electron chi connectivity index (χ0n) is 11.2. The first-order valence-corrected chi connectivity index (χ1v) is 5.86. The summed E-state index contributed by atoms with van der Waals surface area (Å²) in [5.41, 5.74) is 11.5. The Morgan fingerprint density at radius 3 is 2.62 bits per heavy atom. The lowest BCUT2D eigenvalue weighted by molar-refractivity contribution is 0.0999. The van der Waals surface area contributed by atoms with Crippen molar-refractivity contribution >= 4 is 11.6 Å². The fraction of sp³-hybridized carbons (Fsp3) is 0.0714. The number of amides is 1. The second-order valence-electron chi connectivity index (χ2n) is 4.10. The van der Waals surface area contributed by atoms with Crippen LogP contribution < -0.4 is 20.9 Å². The Hall–Kier alpha value is -3.27. The van der Waals surface area contributed by atoms with E-state index in [2.05, 4.69) is 4.98 Å². The minimum absolute atomic E-state index is 0.0790. The molecule has 0 radical (unpaired) electrons. The number of nitrogens with zero attached hydrogens (tertiary/aromatic N) is 2. The van der Waals surface area contributed by atoms with Crippen LogP contribution in [0.1, 0.15) is 15.9 Å². The van der Waals surface area contributed by atoms with Gasteiger partial charge in [0.1, 0.15) is 23.1 Å². The molecule has 0 unspecified atom stereocenters.